The van der Waals surface area contributed by atoms with Crippen LogP contribution in [0.4, 0.5) is 0 Å². The second-order valence-electron chi connectivity index (χ2n) is 4.15. The molecule has 1 rings (SSSR count). The number of rotatable bonds is 1. The van der Waals surface area contributed by atoms with Gasteiger partial charge in [0.2, 0.25) is 0 Å². The molecule has 1 heterocycles. The molecule has 2 unspecified atom stereocenters. The second kappa shape index (κ2) is 3.27. The van der Waals surface area contributed by atoms with Crippen LogP contribution in [0.15, 0.2) is 0 Å². The second-order valence-corrected chi connectivity index (χ2v) is 4.15. The molecule has 2 atom stereocenters. The zero-order valence-electron chi connectivity index (χ0n) is 8.32. The van der Waals surface area contributed by atoms with Gasteiger partial charge in [-0.2, -0.15) is 0 Å². The monoisotopic (exact) mass is 187 g/mol. The van der Waals surface area contributed by atoms with E-state index in [-0.39, 0.29) is 11.8 Å². The molecular weight excluding hydrogens is 170 g/mol. The van der Waals surface area contributed by atoms with Crippen molar-refractivity contribution in [3.05, 3.63) is 0 Å². The summed E-state index contributed by atoms with van der Waals surface area (Å²) in [6.07, 6.45) is 0. The molecule has 0 aromatic heterocycles. The Bertz CT molecular complexity index is 205. The zero-order valence-corrected chi connectivity index (χ0v) is 8.32. The molecule has 0 spiro atoms. The number of nitrogens with zero attached hydrogens (tertiary/aromatic N) is 1. The van der Waals surface area contributed by atoms with Gasteiger partial charge in [-0.1, -0.05) is 13.8 Å². The molecule has 1 saturated heterocycles. The maximum atomic E-state index is 10.9. The molecule has 0 saturated carbocycles. The lowest BCUT2D eigenvalue weighted by Crippen LogP contribution is -2.59. The van der Waals surface area contributed by atoms with Crippen molar-refractivity contribution in [3.8, 4) is 0 Å². The third-order valence-electron chi connectivity index (χ3n) is 3.02. The predicted octanol–water partition coefficient (Wildman–Crippen LogP) is 0.0197. The fraction of sp³-hybridized carbons (Fsp3) is 0.889. The van der Waals surface area contributed by atoms with Gasteiger partial charge in [-0.15, -0.1) is 0 Å². The summed E-state index contributed by atoms with van der Waals surface area (Å²) < 4.78 is 0. The van der Waals surface area contributed by atoms with Crippen molar-refractivity contribution < 1.29 is 15.0 Å². The van der Waals surface area contributed by atoms with Crippen LogP contribution < -0.4 is 0 Å². The highest BCUT2D eigenvalue weighted by Crippen LogP contribution is 2.32. The largest absolute Gasteiger partial charge is 0.479 e. The van der Waals surface area contributed by atoms with E-state index in [0.717, 1.165) is 0 Å². The Morgan fingerprint density at radius 2 is 1.77 bits per heavy atom. The summed E-state index contributed by atoms with van der Waals surface area (Å²) in [5.74, 6) is -1.54. The topological polar surface area (TPSA) is 60.8 Å². The molecule has 4 heteroatoms. The Hall–Kier alpha value is -0.610. The summed E-state index contributed by atoms with van der Waals surface area (Å²) in [5.41, 5.74) is -1.55. The van der Waals surface area contributed by atoms with Crippen LogP contribution in [-0.4, -0.2) is 46.8 Å². The highest BCUT2D eigenvalue weighted by Gasteiger charge is 2.49. The lowest BCUT2D eigenvalue weighted by Gasteiger charge is -2.43. The number of hydrogen-bond donors (Lipinski definition) is 2. The first kappa shape index (κ1) is 10.5. The predicted molar refractivity (Wildman–Crippen MR) is 48.4 cm³/mol. The number of hydrogen-bond acceptors (Lipinski definition) is 3. The Kier molecular flexibility index (Phi) is 2.63. The number of piperidine rings is 1. The van der Waals surface area contributed by atoms with Crippen molar-refractivity contribution >= 4 is 5.97 Å². The number of aliphatic hydroxyl groups is 1. The number of aliphatic carboxylic acids is 1. The Balaban J connectivity index is 2.89. The summed E-state index contributed by atoms with van der Waals surface area (Å²) >= 11 is 0. The van der Waals surface area contributed by atoms with Gasteiger partial charge in [0.25, 0.3) is 0 Å². The highest BCUT2D eigenvalue weighted by molar-refractivity contribution is 5.78. The first-order chi connectivity index (χ1) is 5.89. The van der Waals surface area contributed by atoms with Gasteiger partial charge in [0.05, 0.1) is 0 Å². The molecule has 1 aliphatic heterocycles. The molecule has 1 aliphatic rings. The molecule has 0 aromatic carbocycles. The fourth-order valence-corrected chi connectivity index (χ4v) is 2.20. The van der Waals surface area contributed by atoms with Gasteiger partial charge in [0.15, 0.2) is 5.60 Å². The molecule has 0 aromatic rings. The van der Waals surface area contributed by atoms with Crippen LogP contribution in [0.1, 0.15) is 13.8 Å². The molecule has 1 fully saturated rings. The quantitative estimate of drug-likeness (QED) is 0.607. The van der Waals surface area contributed by atoms with E-state index in [0.29, 0.717) is 13.1 Å². The van der Waals surface area contributed by atoms with Crippen molar-refractivity contribution in [1.82, 2.24) is 4.90 Å². The Labute approximate surface area is 78.2 Å². The van der Waals surface area contributed by atoms with Crippen molar-refractivity contribution in [3.63, 3.8) is 0 Å². The van der Waals surface area contributed by atoms with Gasteiger partial charge in [-0.3, -0.25) is 0 Å². The number of carboxylic acids is 1. The van der Waals surface area contributed by atoms with Gasteiger partial charge >= 0.3 is 5.97 Å². The zero-order chi connectivity index (χ0) is 10.2. The average molecular weight is 187 g/mol. The standard InChI is InChI=1S/C9H17NO3/c1-6-4-10(3)5-7(2)9(6,13)8(11)12/h6-7,13H,4-5H2,1-3H3,(H,11,12). The third-order valence-corrected chi connectivity index (χ3v) is 3.02. The van der Waals surface area contributed by atoms with Crippen LogP contribution in [0.5, 0.6) is 0 Å². The summed E-state index contributed by atoms with van der Waals surface area (Å²) in [5, 5.41) is 18.9. The maximum Gasteiger partial charge on any atom is 0.336 e. The molecule has 0 amide bonds. The minimum atomic E-state index is -1.55. The lowest BCUT2D eigenvalue weighted by molar-refractivity contribution is -0.179. The molecule has 0 aliphatic carbocycles. The SMILES string of the molecule is CC1CN(C)CC(C)C1(O)C(=O)O. The lowest BCUT2D eigenvalue weighted by atomic mass is 9.75. The normalized spacial score (nSPS) is 41.8. The summed E-state index contributed by atoms with van der Waals surface area (Å²) in [6.45, 7) is 4.82. The minimum absolute atomic E-state index is 0.223. The van der Waals surface area contributed by atoms with E-state index in [4.69, 9.17) is 5.11 Å². The molecule has 0 radical (unpaired) electrons. The minimum Gasteiger partial charge on any atom is -0.479 e. The number of carbonyl (C=O) groups is 1. The molecule has 4 nitrogen and oxygen atoms in total. The van der Waals surface area contributed by atoms with Gasteiger partial charge in [0, 0.05) is 24.9 Å². The summed E-state index contributed by atoms with van der Waals surface area (Å²) in [4.78, 5) is 13.0. The van der Waals surface area contributed by atoms with E-state index in [2.05, 4.69) is 0 Å². The van der Waals surface area contributed by atoms with Crippen LogP contribution in [0.3, 0.4) is 0 Å². The summed E-state index contributed by atoms with van der Waals surface area (Å²) in [6, 6.07) is 0. The molecular formula is C9H17NO3. The number of carboxylic acid groups (broad SMARTS) is 1. The summed E-state index contributed by atoms with van der Waals surface area (Å²) in [7, 11) is 1.94. The third kappa shape index (κ3) is 1.56. The molecule has 13 heavy (non-hydrogen) atoms. The first-order valence-corrected chi connectivity index (χ1v) is 4.53. The Morgan fingerprint density at radius 1 is 1.38 bits per heavy atom. The van der Waals surface area contributed by atoms with E-state index >= 15 is 0 Å². The Morgan fingerprint density at radius 3 is 2.08 bits per heavy atom. The fourth-order valence-electron chi connectivity index (χ4n) is 2.20. The molecule has 2 N–H and O–H groups in total. The van der Waals surface area contributed by atoms with Crippen molar-refractivity contribution in [2.24, 2.45) is 11.8 Å². The smallest absolute Gasteiger partial charge is 0.336 e. The van der Waals surface area contributed by atoms with Crippen molar-refractivity contribution in [2.45, 2.75) is 19.4 Å². The van der Waals surface area contributed by atoms with Crippen molar-refractivity contribution in [2.75, 3.05) is 20.1 Å². The van der Waals surface area contributed by atoms with Gasteiger partial charge < -0.3 is 15.1 Å². The van der Waals surface area contributed by atoms with Crippen LogP contribution >= 0.6 is 0 Å². The molecule has 0 bridgehead atoms. The molecule has 76 valence electrons. The van der Waals surface area contributed by atoms with Crippen molar-refractivity contribution in [1.29, 1.82) is 0 Å². The van der Waals surface area contributed by atoms with E-state index in [1.165, 1.54) is 0 Å². The van der Waals surface area contributed by atoms with Crippen LogP contribution in [-0.2, 0) is 4.79 Å². The maximum absolute atomic E-state index is 10.9. The first-order valence-electron chi connectivity index (χ1n) is 4.53. The van der Waals surface area contributed by atoms with Crippen LogP contribution in [0.2, 0.25) is 0 Å². The van der Waals surface area contributed by atoms with Gasteiger partial charge in [-0.25, -0.2) is 4.79 Å². The van der Waals surface area contributed by atoms with Gasteiger partial charge in [0.1, 0.15) is 0 Å². The number of likely N-dealkylation sites (tertiary alicyclic amines) is 1. The average Bonchev–Trinajstić information content (AvgIpc) is 1.99. The highest BCUT2D eigenvalue weighted by atomic mass is 16.4. The van der Waals surface area contributed by atoms with Crippen LogP contribution in [0.25, 0.3) is 0 Å². The van der Waals surface area contributed by atoms with Gasteiger partial charge in [-0.05, 0) is 7.05 Å². The van der Waals surface area contributed by atoms with E-state index in [1.807, 2.05) is 11.9 Å². The van der Waals surface area contributed by atoms with E-state index < -0.39 is 11.6 Å². The van der Waals surface area contributed by atoms with Crippen LogP contribution in [0, 0.1) is 11.8 Å². The van der Waals surface area contributed by atoms with E-state index in [1.54, 1.807) is 13.8 Å². The van der Waals surface area contributed by atoms with E-state index in [9.17, 15) is 9.90 Å².